The number of ether oxygens (including phenoxy) is 1. The monoisotopic (exact) mass is 297 g/mol. The standard InChI is InChI=1S/C16H19N5O/c1-22-15-6-5-12(9-17)8-13(15)10-21-7-3-2-4-14(21)16-18-11-19-20-16/h5-6,8,11,14H,2-4,7,10H2,1H3,(H,18,19,20). The summed E-state index contributed by atoms with van der Waals surface area (Å²) in [6, 6.07) is 7.99. The summed E-state index contributed by atoms with van der Waals surface area (Å²) in [6.07, 6.45) is 4.98. The number of aromatic amines is 1. The Morgan fingerprint density at radius 3 is 3.09 bits per heavy atom. The summed E-state index contributed by atoms with van der Waals surface area (Å²) in [4.78, 5) is 6.69. The van der Waals surface area contributed by atoms with Gasteiger partial charge in [-0.3, -0.25) is 10.00 Å². The lowest BCUT2D eigenvalue weighted by Gasteiger charge is -2.34. The Balaban J connectivity index is 1.85. The molecule has 1 aliphatic heterocycles. The number of aromatic nitrogens is 3. The van der Waals surface area contributed by atoms with E-state index in [0.29, 0.717) is 5.56 Å². The summed E-state index contributed by atoms with van der Waals surface area (Å²) >= 11 is 0. The van der Waals surface area contributed by atoms with Crippen molar-refractivity contribution in [2.45, 2.75) is 31.8 Å². The van der Waals surface area contributed by atoms with E-state index in [9.17, 15) is 0 Å². The van der Waals surface area contributed by atoms with Gasteiger partial charge in [0.15, 0.2) is 0 Å². The van der Waals surface area contributed by atoms with Crippen LogP contribution in [0.4, 0.5) is 0 Å². The van der Waals surface area contributed by atoms with Gasteiger partial charge in [0.2, 0.25) is 0 Å². The van der Waals surface area contributed by atoms with Crippen molar-refractivity contribution >= 4 is 0 Å². The first kappa shape index (κ1) is 14.5. The fraction of sp³-hybridized carbons (Fsp3) is 0.438. The maximum Gasteiger partial charge on any atom is 0.141 e. The van der Waals surface area contributed by atoms with Gasteiger partial charge in [-0.1, -0.05) is 6.42 Å². The van der Waals surface area contributed by atoms with Crippen LogP contribution >= 0.6 is 0 Å². The van der Waals surface area contributed by atoms with E-state index in [0.717, 1.165) is 36.6 Å². The summed E-state index contributed by atoms with van der Waals surface area (Å²) < 4.78 is 5.44. The van der Waals surface area contributed by atoms with Gasteiger partial charge in [0, 0.05) is 12.1 Å². The van der Waals surface area contributed by atoms with E-state index >= 15 is 0 Å². The lowest BCUT2D eigenvalue weighted by molar-refractivity contribution is 0.133. The molecular formula is C16H19N5O. The predicted molar refractivity (Wildman–Crippen MR) is 81.1 cm³/mol. The maximum absolute atomic E-state index is 9.11. The van der Waals surface area contributed by atoms with Crippen LogP contribution in [0.25, 0.3) is 0 Å². The molecule has 0 radical (unpaired) electrons. The number of hydrogen-bond donors (Lipinski definition) is 1. The summed E-state index contributed by atoms with van der Waals surface area (Å²) in [5.41, 5.74) is 1.69. The molecule has 114 valence electrons. The molecular weight excluding hydrogens is 278 g/mol. The molecule has 0 bridgehead atoms. The first-order valence-electron chi connectivity index (χ1n) is 7.48. The first-order valence-corrected chi connectivity index (χ1v) is 7.48. The van der Waals surface area contributed by atoms with Gasteiger partial charge in [-0.25, -0.2) is 4.98 Å². The molecule has 6 heteroatoms. The third-order valence-corrected chi connectivity index (χ3v) is 4.15. The lowest BCUT2D eigenvalue weighted by Crippen LogP contribution is -2.33. The zero-order chi connectivity index (χ0) is 15.4. The zero-order valence-electron chi connectivity index (χ0n) is 12.6. The Hall–Kier alpha value is -2.39. The van der Waals surface area contributed by atoms with Crippen LogP contribution in [-0.4, -0.2) is 33.7 Å². The SMILES string of the molecule is COc1ccc(C#N)cc1CN1CCCCC1c1ncn[nH]1. The Morgan fingerprint density at radius 2 is 2.36 bits per heavy atom. The molecule has 1 atom stereocenters. The van der Waals surface area contributed by atoms with Crippen molar-refractivity contribution in [3.05, 3.63) is 41.5 Å². The second-order valence-corrected chi connectivity index (χ2v) is 5.49. The van der Waals surface area contributed by atoms with E-state index in [1.807, 2.05) is 12.1 Å². The Morgan fingerprint density at radius 1 is 1.45 bits per heavy atom. The van der Waals surface area contributed by atoms with Crippen LogP contribution in [-0.2, 0) is 6.54 Å². The fourth-order valence-corrected chi connectivity index (χ4v) is 3.06. The molecule has 0 aliphatic carbocycles. The van der Waals surface area contributed by atoms with Crippen LogP contribution < -0.4 is 4.74 Å². The quantitative estimate of drug-likeness (QED) is 0.937. The smallest absolute Gasteiger partial charge is 0.141 e. The molecule has 1 aromatic heterocycles. The molecule has 0 amide bonds. The predicted octanol–water partition coefficient (Wildman–Crippen LogP) is 2.41. The number of nitriles is 1. The summed E-state index contributed by atoms with van der Waals surface area (Å²) in [7, 11) is 1.66. The fourth-order valence-electron chi connectivity index (χ4n) is 3.06. The minimum absolute atomic E-state index is 0.242. The highest BCUT2D eigenvalue weighted by atomic mass is 16.5. The molecule has 2 aromatic rings. The van der Waals surface area contributed by atoms with Crippen LogP contribution in [0.2, 0.25) is 0 Å². The van der Waals surface area contributed by atoms with E-state index < -0.39 is 0 Å². The summed E-state index contributed by atoms with van der Waals surface area (Å²) in [5, 5.41) is 16.1. The van der Waals surface area contributed by atoms with Gasteiger partial charge in [0.05, 0.1) is 24.8 Å². The van der Waals surface area contributed by atoms with E-state index in [2.05, 4.69) is 26.2 Å². The van der Waals surface area contributed by atoms with Crippen LogP contribution in [0.3, 0.4) is 0 Å². The molecule has 2 heterocycles. The van der Waals surface area contributed by atoms with Gasteiger partial charge in [-0.05, 0) is 37.6 Å². The average Bonchev–Trinajstić information content (AvgIpc) is 3.09. The van der Waals surface area contributed by atoms with Crippen molar-refractivity contribution in [3.63, 3.8) is 0 Å². The van der Waals surface area contributed by atoms with Gasteiger partial charge < -0.3 is 4.74 Å². The largest absolute Gasteiger partial charge is 0.496 e. The van der Waals surface area contributed by atoms with Crippen molar-refractivity contribution < 1.29 is 4.74 Å². The van der Waals surface area contributed by atoms with E-state index in [4.69, 9.17) is 10.00 Å². The topological polar surface area (TPSA) is 77.8 Å². The minimum Gasteiger partial charge on any atom is -0.496 e. The molecule has 1 aromatic carbocycles. The Bertz CT molecular complexity index is 662. The highest BCUT2D eigenvalue weighted by Gasteiger charge is 2.26. The molecule has 0 spiro atoms. The number of hydrogen-bond acceptors (Lipinski definition) is 5. The van der Waals surface area contributed by atoms with E-state index in [-0.39, 0.29) is 6.04 Å². The van der Waals surface area contributed by atoms with Crippen LogP contribution in [0.5, 0.6) is 5.75 Å². The van der Waals surface area contributed by atoms with Crippen molar-refractivity contribution in [1.29, 1.82) is 5.26 Å². The lowest BCUT2D eigenvalue weighted by atomic mass is 10.00. The molecule has 1 fully saturated rings. The van der Waals surface area contributed by atoms with Gasteiger partial charge in [0.25, 0.3) is 0 Å². The first-order chi connectivity index (χ1) is 10.8. The minimum atomic E-state index is 0.242. The normalized spacial score (nSPS) is 18.8. The number of nitrogens with one attached hydrogen (secondary N) is 1. The third kappa shape index (κ3) is 2.95. The number of nitrogens with zero attached hydrogens (tertiary/aromatic N) is 4. The highest BCUT2D eigenvalue weighted by Crippen LogP contribution is 2.32. The number of piperidine rings is 1. The molecule has 3 rings (SSSR count). The maximum atomic E-state index is 9.11. The van der Waals surface area contributed by atoms with Crippen LogP contribution in [0.1, 0.15) is 42.3 Å². The van der Waals surface area contributed by atoms with Crippen LogP contribution in [0.15, 0.2) is 24.5 Å². The number of methoxy groups -OCH3 is 1. The van der Waals surface area contributed by atoms with Crippen molar-refractivity contribution in [1.82, 2.24) is 20.1 Å². The van der Waals surface area contributed by atoms with Gasteiger partial charge in [-0.2, -0.15) is 10.4 Å². The van der Waals surface area contributed by atoms with Gasteiger partial charge in [-0.15, -0.1) is 0 Å². The number of H-pyrrole nitrogens is 1. The molecule has 1 aliphatic rings. The summed E-state index contributed by atoms with van der Waals surface area (Å²) in [6.45, 7) is 1.75. The van der Waals surface area contributed by atoms with E-state index in [1.165, 1.54) is 12.8 Å². The Kier molecular flexibility index (Phi) is 4.35. The van der Waals surface area contributed by atoms with Crippen molar-refractivity contribution in [2.24, 2.45) is 0 Å². The molecule has 22 heavy (non-hydrogen) atoms. The number of likely N-dealkylation sites (tertiary alicyclic amines) is 1. The molecule has 1 N–H and O–H groups in total. The van der Waals surface area contributed by atoms with Gasteiger partial charge in [0.1, 0.15) is 17.9 Å². The van der Waals surface area contributed by atoms with E-state index in [1.54, 1.807) is 19.5 Å². The van der Waals surface area contributed by atoms with Gasteiger partial charge >= 0.3 is 0 Å². The molecule has 6 nitrogen and oxygen atoms in total. The molecule has 1 saturated heterocycles. The average molecular weight is 297 g/mol. The van der Waals surface area contributed by atoms with Crippen LogP contribution in [0, 0.1) is 11.3 Å². The molecule has 1 unspecified atom stereocenters. The third-order valence-electron chi connectivity index (χ3n) is 4.15. The highest BCUT2D eigenvalue weighted by molar-refractivity contribution is 5.42. The number of rotatable bonds is 4. The summed E-state index contributed by atoms with van der Waals surface area (Å²) in [5.74, 6) is 1.73. The second kappa shape index (κ2) is 6.58. The van der Waals surface area contributed by atoms with Crippen molar-refractivity contribution in [3.8, 4) is 11.8 Å². The Labute approximate surface area is 129 Å². The molecule has 0 saturated carbocycles. The zero-order valence-corrected chi connectivity index (χ0v) is 12.6. The second-order valence-electron chi connectivity index (χ2n) is 5.49. The van der Waals surface area contributed by atoms with Crippen molar-refractivity contribution in [2.75, 3.05) is 13.7 Å². The number of benzene rings is 1.